The number of aromatic nitrogens is 2. The van der Waals surface area contributed by atoms with Crippen LogP contribution in [0.25, 0.3) is 0 Å². The summed E-state index contributed by atoms with van der Waals surface area (Å²) in [4.78, 5) is 9.92. The van der Waals surface area contributed by atoms with Gasteiger partial charge in [0.1, 0.15) is 11.9 Å². The third-order valence-corrected chi connectivity index (χ3v) is 1.59. The fourth-order valence-electron chi connectivity index (χ4n) is 0.989. The highest BCUT2D eigenvalue weighted by Gasteiger charge is 2.18. The maximum atomic E-state index is 10.5. The summed E-state index contributed by atoms with van der Waals surface area (Å²) >= 11 is 0. The summed E-state index contributed by atoms with van der Waals surface area (Å²) in [6, 6.07) is 0. The predicted octanol–water partition coefficient (Wildman–Crippen LogP) is -0.193. The smallest absolute Gasteiger partial charge is 0.310 e. The zero-order valence-electron chi connectivity index (χ0n) is 7.02. The molecule has 0 unspecified atom stereocenters. The van der Waals surface area contributed by atoms with Gasteiger partial charge in [-0.2, -0.15) is 5.10 Å². The maximum absolute atomic E-state index is 10.5. The molecule has 1 heterocycles. The molecule has 7 heteroatoms. The van der Waals surface area contributed by atoms with Gasteiger partial charge in [0.15, 0.2) is 0 Å². The molecule has 1 aromatic heterocycles. The van der Waals surface area contributed by atoms with E-state index in [4.69, 9.17) is 11.1 Å². The number of nitrogens with zero attached hydrogens (tertiary/aromatic N) is 3. The van der Waals surface area contributed by atoms with E-state index in [9.17, 15) is 10.1 Å². The van der Waals surface area contributed by atoms with E-state index in [1.807, 2.05) is 0 Å². The monoisotopic (exact) mass is 183 g/mol. The third kappa shape index (κ3) is 1.81. The van der Waals surface area contributed by atoms with Crippen LogP contribution in [0.2, 0.25) is 0 Å². The van der Waals surface area contributed by atoms with E-state index in [0.29, 0.717) is 5.69 Å². The molecule has 0 aliphatic rings. The van der Waals surface area contributed by atoms with Crippen molar-refractivity contribution in [3.63, 3.8) is 0 Å². The number of nitro groups is 1. The van der Waals surface area contributed by atoms with Gasteiger partial charge in [0, 0.05) is 7.05 Å². The van der Waals surface area contributed by atoms with E-state index in [0.717, 1.165) is 6.20 Å². The molecule has 0 radical (unpaired) electrons. The molecule has 0 saturated heterocycles. The van der Waals surface area contributed by atoms with Crippen molar-refractivity contribution in [2.45, 2.75) is 6.42 Å². The lowest BCUT2D eigenvalue weighted by Gasteiger charge is -1.98. The molecule has 0 spiro atoms. The lowest BCUT2D eigenvalue weighted by molar-refractivity contribution is -0.385. The molecule has 0 fully saturated rings. The van der Waals surface area contributed by atoms with Crippen LogP contribution in [-0.2, 0) is 13.5 Å². The summed E-state index contributed by atoms with van der Waals surface area (Å²) < 4.78 is 1.35. The molecule has 1 aromatic rings. The minimum atomic E-state index is -0.536. The summed E-state index contributed by atoms with van der Waals surface area (Å²) in [6.45, 7) is 0. The quantitative estimate of drug-likeness (QED) is 0.292. The maximum Gasteiger partial charge on any atom is 0.310 e. The van der Waals surface area contributed by atoms with E-state index in [-0.39, 0.29) is 17.9 Å². The molecular formula is C6H9N5O2. The molecule has 0 saturated carbocycles. The highest BCUT2D eigenvalue weighted by Crippen LogP contribution is 2.16. The Morgan fingerprint density at radius 3 is 3.00 bits per heavy atom. The first-order chi connectivity index (χ1) is 6.02. The fourth-order valence-corrected chi connectivity index (χ4v) is 0.989. The van der Waals surface area contributed by atoms with E-state index in [2.05, 4.69) is 5.10 Å². The Morgan fingerprint density at radius 1 is 1.92 bits per heavy atom. The number of amidine groups is 1. The van der Waals surface area contributed by atoms with Crippen molar-refractivity contribution in [1.82, 2.24) is 9.78 Å². The van der Waals surface area contributed by atoms with Crippen LogP contribution in [0.4, 0.5) is 5.69 Å². The van der Waals surface area contributed by atoms with Crippen molar-refractivity contribution in [2.24, 2.45) is 12.8 Å². The second kappa shape index (κ2) is 3.21. The van der Waals surface area contributed by atoms with Crippen molar-refractivity contribution in [3.8, 4) is 0 Å². The molecule has 0 aliphatic heterocycles. The zero-order chi connectivity index (χ0) is 10.0. The molecule has 0 aromatic carbocycles. The average Bonchev–Trinajstić information content (AvgIpc) is 2.32. The van der Waals surface area contributed by atoms with Crippen LogP contribution in [0.1, 0.15) is 5.69 Å². The number of nitrogens with two attached hydrogens (primary N) is 1. The number of hydrogen-bond acceptors (Lipinski definition) is 4. The number of nitrogens with one attached hydrogen (secondary N) is 1. The largest absolute Gasteiger partial charge is 0.387 e. The van der Waals surface area contributed by atoms with Gasteiger partial charge in [-0.1, -0.05) is 0 Å². The normalized spacial score (nSPS) is 9.92. The van der Waals surface area contributed by atoms with Crippen LogP contribution in [-0.4, -0.2) is 20.5 Å². The Kier molecular flexibility index (Phi) is 2.27. The van der Waals surface area contributed by atoms with Gasteiger partial charge < -0.3 is 5.73 Å². The molecule has 0 atom stereocenters. The SMILES string of the molecule is Cn1ncc([N+](=O)[O-])c1CC(=N)N. The van der Waals surface area contributed by atoms with Crippen LogP contribution in [0.5, 0.6) is 0 Å². The zero-order valence-corrected chi connectivity index (χ0v) is 7.02. The summed E-state index contributed by atoms with van der Waals surface area (Å²) in [5, 5.41) is 21.2. The number of rotatable bonds is 3. The summed E-state index contributed by atoms with van der Waals surface area (Å²) in [5.41, 5.74) is 5.39. The number of hydrogen-bond donors (Lipinski definition) is 2. The van der Waals surface area contributed by atoms with Crippen LogP contribution < -0.4 is 5.73 Å². The van der Waals surface area contributed by atoms with Crippen molar-refractivity contribution in [2.75, 3.05) is 0 Å². The Balaban J connectivity index is 3.08. The number of aryl methyl sites for hydroxylation is 1. The lowest BCUT2D eigenvalue weighted by atomic mass is 10.2. The van der Waals surface area contributed by atoms with Gasteiger partial charge in [-0.25, -0.2) is 0 Å². The van der Waals surface area contributed by atoms with E-state index < -0.39 is 4.92 Å². The Morgan fingerprint density at radius 2 is 2.54 bits per heavy atom. The van der Waals surface area contributed by atoms with Crippen molar-refractivity contribution in [3.05, 3.63) is 22.0 Å². The second-order valence-electron chi connectivity index (χ2n) is 2.56. The van der Waals surface area contributed by atoms with E-state index in [1.165, 1.54) is 4.68 Å². The first-order valence-corrected chi connectivity index (χ1v) is 3.50. The molecule has 1 rings (SSSR count). The molecule has 0 bridgehead atoms. The van der Waals surface area contributed by atoms with Gasteiger partial charge in [0.2, 0.25) is 0 Å². The summed E-state index contributed by atoms with van der Waals surface area (Å²) in [7, 11) is 1.57. The van der Waals surface area contributed by atoms with Crippen molar-refractivity contribution < 1.29 is 4.92 Å². The predicted molar refractivity (Wildman–Crippen MR) is 45.5 cm³/mol. The van der Waals surface area contributed by atoms with E-state index in [1.54, 1.807) is 7.05 Å². The highest BCUT2D eigenvalue weighted by molar-refractivity contribution is 5.80. The minimum Gasteiger partial charge on any atom is -0.387 e. The molecule has 13 heavy (non-hydrogen) atoms. The lowest BCUT2D eigenvalue weighted by Crippen LogP contribution is -2.16. The van der Waals surface area contributed by atoms with Gasteiger partial charge >= 0.3 is 5.69 Å². The molecule has 70 valence electrons. The van der Waals surface area contributed by atoms with Gasteiger partial charge in [0.05, 0.1) is 17.2 Å². The minimum absolute atomic E-state index is 0.0484. The van der Waals surface area contributed by atoms with Gasteiger partial charge in [-0.3, -0.25) is 20.2 Å². The van der Waals surface area contributed by atoms with Crippen LogP contribution in [0, 0.1) is 15.5 Å². The molecular weight excluding hydrogens is 174 g/mol. The second-order valence-corrected chi connectivity index (χ2v) is 2.56. The molecule has 0 amide bonds. The Hall–Kier alpha value is -1.92. The van der Waals surface area contributed by atoms with Crippen LogP contribution >= 0.6 is 0 Å². The molecule has 0 aliphatic carbocycles. The van der Waals surface area contributed by atoms with Crippen molar-refractivity contribution >= 4 is 11.5 Å². The standard InChI is InChI=1S/C6H9N5O2/c1-10-4(2-6(7)8)5(3-9-10)11(12)13/h3H,2H2,1H3,(H3,7,8). The topological polar surface area (TPSA) is 111 Å². The Bertz CT molecular complexity index is 356. The highest BCUT2D eigenvalue weighted by atomic mass is 16.6. The van der Waals surface area contributed by atoms with E-state index >= 15 is 0 Å². The molecule has 7 nitrogen and oxygen atoms in total. The van der Waals surface area contributed by atoms with Gasteiger partial charge in [-0.05, 0) is 0 Å². The Labute approximate surface area is 73.8 Å². The molecule has 3 N–H and O–H groups in total. The summed E-state index contributed by atoms with van der Waals surface area (Å²) in [5.74, 6) is -0.119. The first kappa shape index (κ1) is 9.17. The third-order valence-electron chi connectivity index (χ3n) is 1.59. The van der Waals surface area contributed by atoms with Gasteiger partial charge in [-0.15, -0.1) is 0 Å². The first-order valence-electron chi connectivity index (χ1n) is 3.50. The van der Waals surface area contributed by atoms with Crippen LogP contribution in [0.3, 0.4) is 0 Å². The summed E-state index contributed by atoms with van der Waals surface area (Å²) in [6.07, 6.45) is 1.20. The van der Waals surface area contributed by atoms with Crippen molar-refractivity contribution in [1.29, 1.82) is 5.41 Å². The fraction of sp³-hybridized carbons (Fsp3) is 0.333. The average molecular weight is 183 g/mol. The van der Waals surface area contributed by atoms with Crippen LogP contribution in [0.15, 0.2) is 6.20 Å². The van der Waals surface area contributed by atoms with Gasteiger partial charge in [0.25, 0.3) is 0 Å².